The Balaban J connectivity index is 1.10. The van der Waals surface area contributed by atoms with Crippen molar-refractivity contribution in [2.75, 3.05) is 4.90 Å². The van der Waals surface area contributed by atoms with Gasteiger partial charge in [0.2, 0.25) is 0 Å². The lowest BCUT2D eigenvalue weighted by Gasteiger charge is -2.30. The first-order chi connectivity index (χ1) is 28.8. The van der Waals surface area contributed by atoms with Gasteiger partial charge in [-0.15, -0.1) is 0 Å². The Bertz CT molecular complexity index is 3060. The molecule has 0 unspecified atom stereocenters. The van der Waals surface area contributed by atoms with Crippen LogP contribution in [0.5, 0.6) is 0 Å². The predicted octanol–water partition coefficient (Wildman–Crippen LogP) is 15.9. The van der Waals surface area contributed by atoms with Crippen molar-refractivity contribution in [1.29, 1.82) is 0 Å². The average molecular weight is 756 g/mol. The van der Waals surface area contributed by atoms with E-state index in [4.69, 9.17) is 0 Å². The molecule has 0 aromatic heterocycles. The SMILES string of the molecule is CC1(C)c2ccccc2-c2ccc(-c3ccc(N(c4ccc(-c5ccccc5)cc4)c4cc5ccccc5c5c4-c4cc(-c6ccccc6)ccc4C5(C)C)cc3)cc21. The Morgan fingerprint density at radius 2 is 0.831 bits per heavy atom. The van der Waals surface area contributed by atoms with Crippen LogP contribution >= 0.6 is 0 Å². The second-order valence-corrected chi connectivity index (χ2v) is 17.3. The molecule has 1 nitrogen and oxygen atoms in total. The zero-order valence-corrected chi connectivity index (χ0v) is 34.0. The summed E-state index contributed by atoms with van der Waals surface area (Å²) >= 11 is 0. The fraction of sp³-hybridized carbons (Fsp3) is 0.103. The molecule has 0 heterocycles. The van der Waals surface area contributed by atoms with E-state index in [9.17, 15) is 0 Å². The maximum Gasteiger partial charge on any atom is 0.0549 e. The van der Waals surface area contributed by atoms with Crippen LogP contribution in [0.25, 0.3) is 66.4 Å². The summed E-state index contributed by atoms with van der Waals surface area (Å²) in [5.74, 6) is 0. The van der Waals surface area contributed by atoms with E-state index in [1.807, 2.05) is 0 Å². The van der Waals surface area contributed by atoms with Gasteiger partial charge >= 0.3 is 0 Å². The van der Waals surface area contributed by atoms with Crippen LogP contribution in [0, 0.1) is 0 Å². The Morgan fingerprint density at radius 3 is 1.53 bits per heavy atom. The van der Waals surface area contributed by atoms with Gasteiger partial charge < -0.3 is 4.90 Å². The minimum absolute atomic E-state index is 0.0501. The Morgan fingerprint density at radius 1 is 0.339 bits per heavy atom. The molecule has 0 radical (unpaired) electrons. The van der Waals surface area contributed by atoms with Crippen molar-refractivity contribution in [3.63, 3.8) is 0 Å². The van der Waals surface area contributed by atoms with E-state index in [0.29, 0.717) is 0 Å². The van der Waals surface area contributed by atoms with Gasteiger partial charge in [0.25, 0.3) is 0 Å². The van der Waals surface area contributed by atoms with Gasteiger partial charge in [-0.1, -0.05) is 185 Å². The summed E-state index contributed by atoms with van der Waals surface area (Å²) in [5.41, 5.74) is 21.4. The molecule has 0 N–H and O–H groups in total. The Kier molecular flexibility index (Phi) is 7.94. The molecule has 11 rings (SSSR count). The van der Waals surface area contributed by atoms with Gasteiger partial charge in [-0.2, -0.15) is 0 Å². The highest BCUT2D eigenvalue weighted by Crippen LogP contribution is 2.57. The van der Waals surface area contributed by atoms with E-state index in [2.05, 4.69) is 233 Å². The standard InChI is InChI=1S/C58H45N/c1-57(2)51-22-14-13-21-48(51)49-33-27-43(36-53(49)57)41-25-31-46(32-26-41)59(45-29-23-40(24-30-45)38-15-7-5-8-16-38)54-37-44-19-11-12-20-47(44)56-55(54)50-35-42(39-17-9-6-10-18-39)28-34-52(50)58(56,3)4/h5-37H,1-4H3. The van der Waals surface area contributed by atoms with Crippen molar-refractivity contribution in [3.05, 3.63) is 222 Å². The maximum atomic E-state index is 2.49. The van der Waals surface area contributed by atoms with Gasteiger partial charge in [-0.05, 0) is 126 Å². The molecule has 0 saturated heterocycles. The van der Waals surface area contributed by atoms with E-state index in [1.54, 1.807) is 0 Å². The van der Waals surface area contributed by atoms with Crippen molar-refractivity contribution in [1.82, 2.24) is 0 Å². The van der Waals surface area contributed by atoms with Crippen LogP contribution < -0.4 is 4.90 Å². The molecule has 2 aliphatic carbocycles. The molecule has 59 heavy (non-hydrogen) atoms. The third kappa shape index (κ3) is 5.53. The van der Waals surface area contributed by atoms with Gasteiger partial charge in [0.05, 0.1) is 5.69 Å². The van der Waals surface area contributed by atoms with Crippen molar-refractivity contribution in [2.45, 2.75) is 38.5 Å². The molecule has 1 heteroatoms. The molecular weight excluding hydrogens is 711 g/mol. The van der Waals surface area contributed by atoms with E-state index >= 15 is 0 Å². The van der Waals surface area contributed by atoms with E-state index < -0.39 is 0 Å². The van der Waals surface area contributed by atoms with E-state index in [-0.39, 0.29) is 10.8 Å². The summed E-state index contributed by atoms with van der Waals surface area (Å²) in [5, 5.41) is 2.56. The molecule has 0 bridgehead atoms. The van der Waals surface area contributed by atoms with Gasteiger partial charge in [0.1, 0.15) is 0 Å². The fourth-order valence-corrected chi connectivity index (χ4v) is 10.2. The van der Waals surface area contributed by atoms with Crippen LogP contribution in [-0.2, 0) is 10.8 Å². The highest BCUT2D eigenvalue weighted by Gasteiger charge is 2.40. The number of fused-ring (bicyclic) bond motifs is 8. The molecule has 282 valence electrons. The van der Waals surface area contributed by atoms with Crippen LogP contribution in [0.4, 0.5) is 17.1 Å². The number of benzene rings is 9. The number of anilines is 3. The zero-order valence-electron chi connectivity index (χ0n) is 34.0. The highest BCUT2D eigenvalue weighted by molar-refractivity contribution is 6.06. The first kappa shape index (κ1) is 35.2. The summed E-state index contributed by atoms with van der Waals surface area (Å²) in [7, 11) is 0. The smallest absolute Gasteiger partial charge is 0.0549 e. The zero-order chi connectivity index (χ0) is 39.9. The minimum Gasteiger partial charge on any atom is -0.310 e. The molecule has 2 aliphatic rings. The highest BCUT2D eigenvalue weighted by atomic mass is 15.1. The topological polar surface area (TPSA) is 3.24 Å². The number of rotatable bonds is 6. The monoisotopic (exact) mass is 755 g/mol. The lowest BCUT2D eigenvalue weighted by Crippen LogP contribution is -2.17. The molecule has 0 spiro atoms. The van der Waals surface area contributed by atoms with Crippen LogP contribution in [0.15, 0.2) is 200 Å². The maximum absolute atomic E-state index is 2.49. The number of nitrogens with zero attached hydrogens (tertiary/aromatic N) is 1. The van der Waals surface area contributed by atoms with Crippen LogP contribution in [0.2, 0.25) is 0 Å². The summed E-state index contributed by atoms with van der Waals surface area (Å²) in [4.78, 5) is 2.49. The summed E-state index contributed by atoms with van der Waals surface area (Å²) in [6.07, 6.45) is 0. The third-order valence-electron chi connectivity index (χ3n) is 13.2. The number of hydrogen-bond donors (Lipinski definition) is 0. The van der Waals surface area contributed by atoms with Crippen molar-refractivity contribution < 1.29 is 0 Å². The van der Waals surface area contributed by atoms with Gasteiger partial charge in [0.15, 0.2) is 0 Å². The minimum atomic E-state index is -0.205. The predicted molar refractivity (Wildman–Crippen MR) is 250 cm³/mol. The van der Waals surface area contributed by atoms with Crippen LogP contribution in [0.3, 0.4) is 0 Å². The molecule has 9 aromatic carbocycles. The second kappa shape index (κ2) is 13.3. The van der Waals surface area contributed by atoms with Crippen LogP contribution in [0.1, 0.15) is 49.9 Å². The first-order valence-electron chi connectivity index (χ1n) is 20.8. The van der Waals surface area contributed by atoms with Gasteiger partial charge in [-0.25, -0.2) is 0 Å². The van der Waals surface area contributed by atoms with Crippen LogP contribution in [-0.4, -0.2) is 0 Å². The molecule has 0 atom stereocenters. The van der Waals surface area contributed by atoms with Crippen molar-refractivity contribution >= 4 is 27.8 Å². The normalized spacial score (nSPS) is 14.0. The fourth-order valence-electron chi connectivity index (χ4n) is 10.2. The molecule has 0 amide bonds. The quantitative estimate of drug-likeness (QED) is 0.163. The lowest BCUT2D eigenvalue weighted by atomic mass is 9.80. The van der Waals surface area contributed by atoms with E-state index in [0.717, 1.165) is 11.4 Å². The molecule has 0 saturated carbocycles. The van der Waals surface area contributed by atoms with Gasteiger partial charge in [0, 0.05) is 27.8 Å². The lowest BCUT2D eigenvalue weighted by molar-refractivity contribution is 0.660. The van der Waals surface area contributed by atoms with Gasteiger partial charge in [-0.3, -0.25) is 0 Å². The molecular formula is C58H45N. The third-order valence-corrected chi connectivity index (χ3v) is 13.2. The second-order valence-electron chi connectivity index (χ2n) is 17.3. The van der Waals surface area contributed by atoms with E-state index in [1.165, 1.54) is 94.3 Å². The number of hydrogen-bond acceptors (Lipinski definition) is 1. The first-order valence-corrected chi connectivity index (χ1v) is 20.8. The Labute approximate surface area is 347 Å². The molecule has 0 aliphatic heterocycles. The summed E-state index contributed by atoms with van der Waals surface area (Å²) in [6, 6.07) is 74.2. The van der Waals surface area contributed by atoms with Crippen molar-refractivity contribution in [2.24, 2.45) is 0 Å². The summed E-state index contributed by atoms with van der Waals surface area (Å²) < 4.78 is 0. The van der Waals surface area contributed by atoms with Crippen molar-refractivity contribution in [3.8, 4) is 55.6 Å². The molecule has 0 fully saturated rings. The summed E-state index contributed by atoms with van der Waals surface area (Å²) in [6.45, 7) is 9.52. The Hall–Kier alpha value is -6.96. The largest absolute Gasteiger partial charge is 0.310 e. The average Bonchev–Trinajstić information content (AvgIpc) is 3.67. The molecule has 9 aromatic rings.